The Morgan fingerprint density at radius 3 is 2.76 bits per heavy atom. The monoisotopic (exact) mass is 230 g/mol. The van der Waals surface area contributed by atoms with E-state index < -0.39 is 0 Å². The highest BCUT2D eigenvalue weighted by Crippen LogP contribution is 2.46. The van der Waals surface area contributed by atoms with Crippen LogP contribution in [0, 0.1) is 12.3 Å². The van der Waals surface area contributed by atoms with Crippen molar-refractivity contribution in [3.63, 3.8) is 0 Å². The van der Waals surface area contributed by atoms with Crippen LogP contribution in [0.25, 0.3) is 0 Å². The van der Waals surface area contributed by atoms with Gasteiger partial charge in [-0.2, -0.15) is 0 Å². The van der Waals surface area contributed by atoms with Crippen molar-refractivity contribution < 1.29 is 4.79 Å². The summed E-state index contributed by atoms with van der Waals surface area (Å²) in [4.78, 5) is 14.5. The predicted octanol–water partition coefficient (Wildman–Crippen LogP) is 2.55. The topological polar surface area (TPSA) is 32.3 Å². The van der Waals surface area contributed by atoms with Crippen molar-refractivity contribution in [3.05, 3.63) is 23.8 Å². The summed E-state index contributed by atoms with van der Waals surface area (Å²) < 4.78 is 0. The maximum atomic E-state index is 12.3. The molecule has 1 N–H and O–H groups in total. The number of fused-ring (bicyclic) bond motifs is 1. The molecule has 1 aliphatic heterocycles. The molecule has 1 aromatic rings. The Morgan fingerprint density at radius 1 is 1.35 bits per heavy atom. The van der Waals surface area contributed by atoms with E-state index in [0.717, 1.165) is 30.8 Å². The Labute approximate surface area is 102 Å². The van der Waals surface area contributed by atoms with Crippen molar-refractivity contribution in [2.75, 3.05) is 23.8 Å². The van der Waals surface area contributed by atoms with Crippen LogP contribution in [0.5, 0.6) is 0 Å². The third-order valence-corrected chi connectivity index (χ3v) is 4.14. The van der Waals surface area contributed by atoms with E-state index in [0.29, 0.717) is 0 Å². The van der Waals surface area contributed by atoms with Gasteiger partial charge in [-0.05, 0) is 37.5 Å². The lowest BCUT2D eigenvalue weighted by Crippen LogP contribution is -2.47. The molecule has 0 aromatic heterocycles. The maximum Gasteiger partial charge on any atom is 0.232 e. The number of hydrogen-bond donors (Lipinski definition) is 1. The number of rotatable bonds is 0. The highest BCUT2D eigenvalue weighted by atomic mass is 16.2. The van der Waals surface area contributed by atoms with E-state index >= 15 is 0 Å². The van der Waals surface area contributed by atoms with Crippen LogP contribution in [-0.4, -0.2) is 19.5 Å². The molecule has 2 aliphatic rings. The first kappa shape index (κ1) is 10.6. The zero-order valence-electron chi connectivity index (χ0n) is 10.4. The number of aryl methyl sites for hydroxylation is 1. The number of carbonyl (C=O) groups excluding carboxylic acids is 1. The van der Waals surface area contributed by atoms with Gasteiger partial charge in [-0.3, -0.25) is 4.79 Å². The molecular weight excluding hydrogens is 212 g/mol. The fourth-order valence-corrected chi connectivity index (χ4v) is 2.92. The molecule has 17 heavy (non-hydrogen) atoms. The first-order chi connectivity index (χ1) is 8.11. The Hall–Kier alpha value is -1.51. The number of carbonyl (C=O) groups is 1. The second-order valence-electron chi connectivity index (χ2n) is 5.46. The molecule has 0 bridgehead atoms. The Kier molecular flexibility index (Phi) is 2.18. The number of nitrogens with one attached hydrogen (secondary N) is 1. The maximum absolute atomic E-state index is 12.3. The fourth-order valence-electron chi connectivity index (χ4n) is 2.92. The van der Waals surface area contributed by atoms with E-state index in [1.807, 2.05) is 12.1 Å². The van der Waals surface area contributed by atoms with Crippen LogP contribution in [-0.2, 0) is 4.79 Å². The van der Waals surface area contributed by atoms with E-state index in [9.17, 15) is 4.79 Å². The van der Waals surface area contributed by atoms with Gasteiger partial charge in [0, 0.05) is 13.6 Å². The van der Waals surface area contributed by atoms with E-state index in [2.05, 4.69) is 30.3 Å². The molecule has 1 fully saturated rings. The predicted molar refractivity (Wildman–Crippen MR) is 69.4 cm³/mol. The lowest BCUT2D eigenvalue weighted by atomic mass is 9.68. The van der Waals surface area contributed by atoms with Gasteiger partial charge in [-0.1, -0.05) is 12.5 Å². The SMILES string of the molecule is Cc1ccc2c(c1)N(C)CC1(CCC1)C(=O)N2. The van der Waals surface area contributed by atoms with Crippen molar-refractivity contribution in [1.82, 2.24) is 0 Å². The van der Waals surface area contributed by atoms with Gasteiger partial charge in [-0.25, -0.2) is 0 Å². The minimum atomic E-state index is -0.137. The molecule has 1 aromatic carbocycles. The number of anilines is 2. The van der Waals surface area contributed by atoms with Crippen LogP contribution in [0.2, 0.25) is 0 Å². The summed E-state index contributed by atoms with van der Waals surface area (Å²) in [5.41, 5.74) is 3.19. The molecule has 1 saturated carbocycles. The normalized spacial score (nSPS) is 21.5. The Bertz CT molecular complexity index is 477. The molecule has 0 atom stereocenters. The number of amides is 1. The van der Waals surface area contributed by atoms with Crippen molar-refractivity contribution in [3.8, 4) is 0 Å². The van der Waals surface area contributed by atoms with Crippen molar-refractivity contribution in [1.29, 1.82) is 0 Å². The van der Waals surface area contributed by atoms with Crippen LogP contribution in [0.3, 0.4) is 0 Å². The molecule has 3 heteroatoms. The molecule has 1 amide bonds. The average Bonchev–Trinajstić information content (AvgIpc) is 2.35. The molecule has 0 saturated heterocycles. The highest BCUT2D eigenvalue weighted by Gasteiger charge is 2.46. The minimum Gasteiger partial charge on any atom is -0.372 e. The van der Waals surface area contributed by atoms with Crippen LogP contribution >= 0.6 is 0 Å². The molecule has 1 spiro atoms. The molecule has 1 heterocycles. The van der Waals surface area contributed by atoms with Crippen LogP contribution in [0.1, 0.15) is 24.8 Å². The summed E-state index contributed by atoms with van der Waals surface area (Å²) >= 11 is 0. The summed E-state index contributed by atoms with van der Waals surface area (Å²) in [5, 5.41) is 3.09. The third-order valence-electron chi connectivity index (χ3n) is 4.14. The number of hydrogen-bond acceptors (Lipinski definition) is 2. The minimum absolute atomic E-state index is 0.137. The van der Waals surface area contributed by atoms with Crippen molar-refractivity contribution in [2.45, 2.75) is 26.2 Å². The standard InChI is InChI=1S/C14H18N2O/c1-10-4-5-11-12(8-10)16(2)9-14(6-3-7-14)13(17)15-11/h4-5,8H,3,6-7,9H2,1-2H3,(H,15,17). The largest absolute Gasteiger partial charge is 0.372 e. The molecular formula is C14H18N2O. The van der Waals surface area contributed by atoms with Gasteiger partial charge in [0.05, 0.1) is 16.8 Å². The van der Waals surface area contributed by atoms with Crippen LogP contribution in [0.4, 0.5) is 11.4 Å². The van der Waals surface area contributed by atoms with Crippen LogP contribution in [0.15, 0.2) is 18.2 Å². The van der Waals surface area contributed by atoms with E-state index in [1.165, 1.54) is 12.0 Å². The van der Waals surface area contributed by atoms with E-state index in [4.69, 9.17) is 0 Å². The lowest BCUT2D eigenvalue weighted by Gasteiger charge is -2.41. The second-order valence-corrected chi connectivity index (χ2v) is 5.46. The summed E-state index contributed by atoms with van der Waals surface area (Å²) in [7, 11) is 2.08. The Balaban J connectivity index is 2.03. The molecule has 0 radical (unpaired) electrons. The van der Waals surface area contributed by atoms with Crippen molar-refractivity contribution in [2.24, 2.45) is 5.41 Å². The zero-order valence-corrected chi connectivity index (χ0v) is 10.4. The third kappa shape index (κ3) is 1.53. The van der Waals surface area contributed by atoms with Gasteiger partial charge < -0.3 is 10.2 Å². The zero-order chi connectivity index (χ0) is 12.0. The Morgan fingerprint density at radius 2 is 2.12 bits per heavy atom. The first-order valence-electron chi connectivity index (χ1n) is 6.24. The van der Waals surface area contributed by atoms with Crippen LogP contribution < -0.4 is 10.2 Å². The van der Waals surface area contributed by atoms with E-state index in [1.54, 1.807) is 0 Å². The van der Waals surface area contributed by atoms with Gasteiger partial charge in [0.15, 0.2) is 0 Å². The quantitative estimate of drug-likeness (QED) is 0.743. The molecule has 90 valence electrons. The smallest absolute Gasteiger partial charge is 0.232 e. The van der Waals surface area contributed by atoms with E-state index in [-0.39, 0.29) is 11.3 Å². The summed E-state index contributed by atoms with van der Waals surface area (Å²) in [6.07, 6.45) is 3.23. The number of benzene rings is 1. The van der Waals surface area contributed by atoms with Gasteiger partial charge in [-0.15, -0.1) is 0 Å². The lowest BCUT2D eigenvalue weighted by molar-refractivity contribution is -0.129. The summed E-state index contributed by atoms with van der Waals surface area (Å²) in [6, 6.07) is 6.20. The van der Waals surface area contributed by atoms with Gasteiger partial charge in [0.2, 0.25) is 5.91 Å². The van der Waals surface area contributed by atoms with Gasteiger partial charge in [0.25, 0.3) is 0 Å². The summed E-state index contributed by atoms with van der Waals surface area (Å²) in [6.45, 7) is 2.93. The number of nitrogens with zero attached hydrogens (tertiary/aromatic N) is 1. The molecule has 0 unspecified atom stereocenters. The second kappa shape index (κ2) is 3.49. The van der Waals surface area contributed by atoms with Crippen molar-refractivity contribution >= 4 is 17.3 Å². The average molecular weight is 230 g/mol. The van der Waals surface area contributed by atoms with Gasteiger partial charge in [0.1, 0.15) is 0 Å². The molecule has 3 nitrogen and oxygen atoms in total. The fraction of sp³-hybridized carbons (Fsp3) is 0.500. The molecule has 3 rings (SSSR count). The first-order valence-corrected chi connectivity index (χ1v) is 6.24. The molecule has 1 aliphatic carbocycles. The highest BCUT2D eigenvalue weighted by molar-refractivity contribution is 6.00. The summed E-state index contributed by atoms with van der Waals surface area (Å²) in [5.74, 6) is 0.207. The van der Waals surface area contributed by atoms with Gasteiger partial charge >= 0.3 is 0 Å².